The highest BCUT2D eigenvalue weighted by molar-refractivity contribution is 7.46. The molecule has 9 nitrogen and oxygen atoms in total. The Hall–Kier alpha value is -3.07. The number of esters is 2. The molecule has 2 atom stereocenters. The summed E-state index contributed by atoms with van der Waals surface area (Å²) >= 11 is 0. The maximum Gasteiger partial charge on any atom is 0.469 e. The first-order valence-electron chi connectivity index (χ1n) is 19.6. The number of aliphatic hydroxyl groups is 1. The second-order valence-corrected chi connectivity index (χ2v) is 14.0. The minimum Gasteiger partial charge on any atom is -0.462 e. The molecule has 0 aromatic heterocycles. The zero-order valence-electron chi connectivity index (χ0n) is 32.5. The SMILES string of the molecule is CCCCC/C=C\C/C=C\C/C=C\CCCCCCC(=O)O[C@H](COC(=O)CCC/C=C\C/C=C\C/C=C\C/C=C\C=C\[C@@H](O)CC)COP(=O)(O)O. The highest BCUT2D eigenvalue weighted by Crippen LogP contribution is 2.36. The second kappa shape index (κ2) is 37.3. The van der Waals surface area contributed by atoms with Crippen LogP contribution in [0.3, 0.4) is 0 Å². The fraction of sp³-hybridized carbons (Fsp3) is 0.581. The zero-order valence-corrected chi connectivity index (χ0v) is 33.4. The van der Waals surface area contributed by atoms with E-state index < -0.39 is 32.5 Å². The smallest absolute Gasteiger partial charge is 0.462 e. The maximum atomic E-state index is 12.4. The molecule has 0 amide bonds. The number of carbonyl (C=O) groups excluding carboxylic acids is 2. The number of ether oxygens (including phenoxy) is 2. The summed E-state index contributed by atoms with van der Waals surface area (Å²) in [6, 6.07) is 0. The lowest BCUT2D eigenvalue weighted by Crippen LogP contribution is -2.29. The summed E-state index contributed by atoms with van der Waals surface area (Å²) in [5, 5.41) is 9.45. The van der Waals surface area contributed by atoms with Gasteiger partial charge in [-0.15, -0.1) is 0 Å². The Morgan fingerprint density at radius 1 is 0.585 bits per heavy atom. The van der Waals surface area contributed by atoms with Gasteiger partial charge in [-0.2, -0.15) is 0 Å². The Kier molecular flexibility index (Phi) is 35.1. The molecule has 0 spiro atoms. The summed E-state index contributed by atoms with van der Waals surface area (Å²) < 4.78 is 26.3. The Bertz CT molecular complexity index is 1190. The topological polar surface area (TPSA) is 140 Å². The average molecular weight is 761 g/mol. The summed E-state index contributed by atoms with van der Waals surface area (Å²) in [4.78, 5) is 42.7. The molecule has 0 saturated carbocycles. The number of aliphatic hydroxyl groups excluding tert-OH is 1. The molecule has 0 aromatic rings. The Labute approximate surface area is 320 Å². The van der Waals surface area contributed by atoms with Crippen LogP contribution in [-0.4, -0.2) is 52.3 Å². The monoisotopic (exact) mass is 760 g/mol. The number of phosphoric ester groups is 1. The third-order valence-corrected chi connectivity index (χ3v) is 8.23. The van der Waals surface area contributed by atoms with Gasteiger partial charge in [0, 0.05) is 12.8 Å². The number of unbranched alkanes of at least 4 members (excludes halogenated alkanes) is 8. The fourth-order valence-corrected chi connectivity index (χ4v) is 5.02. The first kappa shape index (κ1) is 49.9. The molecule has 0 aliphatic rings. The van der Waals surface area contributed by atoms with Gasteiger partial charge < -0.3 is 24.4 Å². The summed E-state index contributed by atoms with van der Waals surface area (Å²) in [7, 11) is -4.79. The molecule has 0 aliphatic carbocycles. The van der Waals surface area contributed by atoms with Crippen molar-refractivity contribution in [3.63, 3.8) is 0 Å². The summed E-state index contributed by atoms with van der Waals surface area (Å²) in [5.74, 6) is -1.01. The number of phosphoric acid groups is 1. The van der Waals surface area contributed by atoms with Crippen LogP contribution in [0.4, 0.5) is 0 Å². The molecule has 0 rings (SSSR count). The van der Waals surface area contributed by atoms with Crippen LogP contribution in [0, 0.1) is 0 Å². The molecule has 0 heterocycles. The molecular formula is C43H69O9P. The van der Waals surface area contributed by atoms with Gasteiger partial charge in [0.1, 0.15) is 6.61 Å². The lowest BCUT2D eigenvalue weighted by Gasteiger charge is -2.18. The van der Waals surface area contributed by atoms with Gasteiger partial charge in [0.25, 0.3) is 0 Å². The Morgan fingerprint density at radius 2 is 1.08 bits per heavy atom. The summed E-state index contributed by atoms with van der Waals surface area (Å²) in [6.07, 6.45) is 47.9. The number of carbonyl (C=O) groups is 2. The minimum atomic E-state index is -4.79. The van der Waals surface area contributed by atoms with E-state index >= 15 is 0 Å². The second-order valence-electron chi connectivity index (χ2n) is 12.7. The molecule has 3 N–H and O–H groups in total. The third kappa shape index (κ3) is 40.0. The summed E-state index contributed by atoms with van der Waals surface area (Å²) in [6.45, 7) is 3.24. The van der Waals surface area contributed by atoms with Crippen LogP contribution in [0.2, 0.25) is 0 Å². The molecule has 0 saturated heterocycles. The lowest BCUT2D eigenvalue weighted by atomic mass is 10.1. The zero-order chi connectivity index (χ0) is 39.1. The Morgan fingerprint density at radius 3 is 1.62 bits per heavy atom. The van der Waals surface area contributed by atoms with Crippen molar-refractivity contribution >= 4 is 19.8 Å². The number of allylic oxidation sites excluding steroid dienone is 15. The first-order valence-corrected chi connectivity index (χ1v) is 21.2. The molecule has 0 aliphatic heterocycles. The van der Waals surface area contributed by atoms with Crippen LogP contribution >= 0.6 is 7.82 Å². The standard InChI is InChI=1S/C43H69O9P/c1-3-5-6-7-8-9-10-11-12-13-14-19-22-25-28-31-34-37-43(46)52-41(39-51-53(47,48)49)38-50-42(45)36-33-30-27-24-21-18-16-15-17-20-23-26-29-32-35-40(44)4-2/h8-9,11-12,14,16-20,24,26-27,29,32,35,40-41,44H,3-7,10,13,15,21-23,25,28,30-31,33-34,36-39H2,1-2H3,(H2,47,48,49)/b9-8-,12-11-,18-16-,19-14-,20-17-,27-24-,29-26-,35-32+/t40-,41+/m0/s1. The van der Waals surface area contributed by atoms with Gasteiger partial charge in [0.2, 0.25) is 0 Å². The normalized spacial score (nSPS) is 14.1. The van der Waals surface area contributed by atoms with Crippen molar-refractivity contribution in [3.05, 3.63) is 97.2 Å². The van der Waals surface area contributed by atoms with Gasteiger partial charge in [0.15, 0.2) is 6.10 Å². The number of hydrogen-bond donors (Lipinski definition) is 3. The lowest BCUT2D eigenvalue weighted by molar-refractivity contribution is -0.161. The quantitative estimate of drug-likeness (QED) is 0.0192. The molecule has 53 heavy (non-hydrogen) atoms. The van der Waals surface area contributed by atoms with Crippen molar-refractivity contribution in [1.29, 1.82) is 0 Å². The highest BCUT2D eigenvalue weighted by atomic mass is 31.2. The van der Waals surface area contributed by atoms with Crippen LogP contribution in [-0.2, 0) is 28.2 Å². The van der Waals surface area contributed by atoms with E-state index in [9.17, 15) is 19.3 Å². The molecule has 0 fully saturated rings. The molecule has 300 valence electrons. The van der Waals surface area contributed by atoms with Gasteiger partial charge in [0.05, 0.1) is 12.7 Å². The highest BCUT2D eigenvalue weighted by Gasteiger charge is 2.22. The van der Waals surface area contributed by atoms with Crippen molar-refractivity contribution < 1.29 is 43.0 Å². The minimum absolute atomic E-state index is 0.161. The van der Waals surface area contributed by atoms with Crippen molar-refractivity contribution in [2.45, 2.75) is 148 Å². The van der Waals surface area contributed by atoms with E-state index in [1.165, 1.54) is 25.7 Å². The van der Waals surface area contributed by atoms with Crippen molar-refractivity contribution in [1.82, 2.24) is 0 Å². The van der Waals surface area contributed by atoms with E-state index in [-0.39, 0.29) is 25.6 Å². The Balaban J connectivity index is 4.14. The molecule has 0 bridgehead atoms. The molecule has 0 radical (unpaired) electrons. The third-order valence-electron chi connectivity index (χ3n) is 7.74. The first-order chi connectivity index (χ1) is 25.7. The van der Waals surface area contributed by atoms with E-state index in [1.54, 1.807) is 6.08 Å². The number of rotatable bonds is 34. The van der Waals surface area contributed by atoms with Crippen LogP contribution in [0.5, 0.6) is 0 Å². The predicted molar refractivity (Wildman–Crippen MR) is 217 cm³/mol. The van der Waals surface area contributed by atoms with Gasteiger partial charge in [-0.3, -0.25) is 14.1 Å². The van der Waals surface area contributed by atoms with Gasteiger partial charge in [-0.1, -0.05) is 137 Å². The largest absolute Gasteiger partial charge is 0.469 e. The van der Waals surface area contributed by atoms with E-state index in [4.69, 9.17) is 19.3 Å². The van der Waals surface area contributed by atoms with Gasteiger partial charge >= 0.3 is 19.8 Å². The summed E-state index contributed by atoms with van der Waals surface area (Å²) in [5.41, 5.74) is 0. The van der Waals surface area contributed by atoms with E-state index in [2.05, 4.69) is 72.2 Å². The predicted octanol–water partition coefficient (Wildman–Crippen LogP) is 10.8. The average Bonchev–Trinajstić information content (AvgIpc) is 3.13. The number of hydrogen-bond acceptors (Lipinski definition) is 7. The van der Waals surface area contributed by atoms with E-state index in [0.29, 0.717) is 25.7 Å². The van der Waals surface area contributed by atoms with E-state index in [0.717, 1.165) is 57.8 Å². The van der Waals surface area contributed by atoms with Crippen molar-refractivity contribution in [2.75, 3.05) is 13.2 Å². The van der Waals surface area contributed by atoms with E-state index in [1.807, 2.05) is 37.3 Å². The van der Waals surface area contributed by atoms with Gasteiger partial charge in [-0.25, -0.2) is 4.57 Å². The molecule has 0 aromatic carbocycles. The fourth-order valence-electron chi connectivity index (χ4n) is 4.66. The van der Waals surface area contributed by atoms with Crippen LogP contribution < -0.4 is 0 Å². The molecule has 10 heteroatoms. The van der Waals surface area contributed by atoms with Crippen LogP contribution in [0.1, 0.15) is 136 Å². The van der Waals surface area contributed by atoms with Crippen molar-refractivity contribution in [3.8, 4) is 0 Å². The van der Waals surface area contributed by atoms with Gasteiger partial charge in [-0.05, 0) is 83.5 Å². The maximum absolute atomic E-state index is 12.4. The molecular weight excluding hydrogens is 691 g/mol. The van der Waals surface area contributed by atoms with Crippen molar-refractivity contribution in [2.24, 2.45) is 0 Å². The molecule has 0 unspecified atom stereocenters. The van der Waals surface area contributed by atoms with Crippen LogP contribution in [0.15, 0.2) is 97.2 Å². The van der Waals surface area contributed by atoms with Crippen LogP contribution in [0.25, 0.3) is 0 Å².